The van der Waals surface area contributed by atoms with E-state index in [1.807, 2.05) is 24.3 Å². The van der Waals surface area contributed by atoms with Crippen LogP contribution >= 0.6 is 11.8 Å². The molecule has 2 amide bonds. The minimum Gasteiger partial charge on any atom is -0.497 e. The summed E-state index contributed by atoms with van der Waals surface area (Å²) in [6.45, 7) is 0.491. The topological polar surface area (TPSA) is 59.1 Å². The molecule has 0 aromatic heterocycles. The summed E-state index contributed by atoms with van der Waals surface area (Å²) in [4.78, 5) is 30.6. The number of carbonyl (C=O) groups is 2. The fourth-order valence-corrected chi connectivity index (χ4v) is 3.22. The van der Waals surface area contributed by atoms with E-state index >= 15 is 0 Å². The summed E-state index contributed by atoms with van der Waals surface area (Å²) in [6, 6.07) is 7.47. The summed E-state index contributed by atoms with van der Waals surface area (Å²) in [5.74, 6) is 1.26. The number of hydroxylamine groups is 2. The van der Waals surface area contributed by atoms with Crippen molar-refractivity contribution in [2.45, 2.75) is 19.0 Å². The van der Waals surface area contributed by atoms with E-state index in [2.05, 4.69) is 0 Å². The van der Waals surface area contributed by atoms with Gasteiger partial charge in [-0.1, -0.05) is 23.9 Å². The van der Waals surface area contributed by atoms with Crippen LogP contribution in [0, 0.1) is 0 Å². The third-order valence-corrected chi connectivity index (χ3v) is 4.65. The van der Waals surface area contributed by atoms with Crippen LogP contribution in [-0.4, -0.2) is 54.2 Å². The maximum absolute atomic E-state index is 12.0. The number of rotatable bonds is 6. The molecule has 6 nitrogen and oxygen atoms in total. The lowest BCUT2D eigenvalue weighted by molar-refractivity contribution is -0.169. The number of carbonyl (C=O) groups excluding carboxylic acids is 2. The van der Waals surface area contributed by atoms with Gasteiger partial charge in [-0.2, -0.15) is 0 Å². The summed E-state index contributed by atoms with van der Waals surface area (Å²) in [6.07, 6.45) is 0.263. The van der Waals surface area contributed by atoms with Crippen molar-refractivity contribution in [3.05, 3.63) is 29.8 Å². The van der Waals surface area contributed by atoms with Crippen LogP contribution in [0.1, 0.15) is 12.0 Å². The van der Waals surface area contributed by atoms with Crippen molar-refractivity contribution in [3.63, 3.8) is 0 Å². The lowest BCUT2D eigenvalue weighted by Gasteiger charge is -2.25. The van der Waals surface area contributed by atoms with Crippen LogP contribution < -0.4 is 4.74 Å². The molecule has 2 rings (SSSR count). The van der Waals surface area contributed by atoms with Gasteiger partial charge in [0.1, 0.15) is 5.75 Å². The van der Waals surface area contributed by atoms with E-state index in [-0.39, 0.29) is 23.6 Å². The molecule has 1 heterocycles. The molecule has 0 N–H and O–H groups in total. The van der Waals surface area contributed by atoms with Crippen molar-refractivity contribution in [3.8, 4) is 5.75 Å². The molecule has 1 atom stereocenters. The highest BCUT2D eigenvalue weighted by Gasteiger charge is 2.34. The molecule has 0 spiro atoms. The van der Waals surface area contributed by atoms with E-state index in [1.165, 1.54) is 23.9 Å². The first-order valence-corrected chi connectivity index (χ1v) is 7.90. The lowest BCUT2D eigenvalue weighted by atomic mass is 10.1. The quantitative estimate of drug-likeness (QED) is 0.750. The number of ether oxygens (including phenoxy) is 1. The van der Waals surface area contributed by atoms with E-state index in [9.17, 15) is 9.59 Å². The standard InChI is InChI=1S/C15H20N2O4S/c1-16(21-3)14(18)8-12-10-22-15(19)17(12)9-11-4-6-13(20-2)7-5-11/h4-7,12H,8-10H2,1-3H3/t12-/m1/s1. The van der Waals surface area contributed by atoms with Crippen molar-refractivity contribution < 1.29 is 19.2 Å². The SMILES string of the molecule is COc1ccc(CN2C(=O)SC[C@H]2CC(=O)N(C)OC)cc1. The van der Waals surface area contributed by atoms with Gasteiger partial charge in [0.15, 0.2) is 0 Å². The predicted octanol–water partition coefficient (Wildman–Crippen LogP) is 2.14. The number of hydrogen-bond donors (Lipinski definition) is 0. The number of hydrogen-bond acceptors (Lipinski definition) is 5. The highest BCUT2D eigenvalue weighted by molar-refractivity contribution is 8.13. The summed E-state index contributed by atoms with van der Waals surface area (Å²) in [5, 5.41) is 1.20. The first-order chi connectivity index (χ1) is 10.5. The van der Waals surface area contributed by atoms with Gasteiger partial charge >= 0.3 is 0 Å². The summed E-state index contributed by atoms with van der Waals surface area (Å²) >= 11 is 1.25. The Morgan fingerprint density at radius 3 is 2.64 bits per heavy atom. The van der Waals surface area contributed by atoms with Crippen LogP contribution in [0.25, 0.3) is 0 Å². The zero-order chi connectivity index (χ0) is 16.1. The van der Waals surface area contributed by atoms with Gasteiger partial charge in [-0.05, 0) is 17.7 Å². The number of amides is 2. The van der Waals surface area contributed by atoms with Crippen LogP contribution in [0.5, 0.6) is 5.75 Å². The smallest absolute Gasteiger partial charge is 0.282 e. The molecule has 0 unspecified atom stereocenters. The molecule has 1 aliphatic rings. The third kappa shape index (κ3) is 3.92. The van der Waals surface area contributed by atoms with Gasteiger partial charge in [0, 0.05) is 19.3 Å². The Morgan fingerprint density at radius 1 is 1.36 bits per heavy atom. The van der Waals surface area contributed by atoms with Gasteiger partial charge in [-0.25, -0.2) is 5.06 Å². The minimum atomic E-state index is -0.137. The molecule has 0 saturated carbocycles. The number of benzene rings is 1. The van der Waals surface area contributed by atoms with Crippen LogP contribution in [0.4, 0.5) is 4.79 Å². The predicted molar refractivity (Wildman–Crippen MR) is 84.6 cm³/mol. The highest BCUT2D eigenvalue weighted by Crippen LogP contribution is 2.28. The molecule has 7 heteroatoms. The Balaban J connectivity index is 2.02. The fraction of sp³-hybridized carbons (Fsp3) is 0.467. The number of methoxy groups -OCH3 is 1. The molecule has 0 radical (unpaired) electrons. The van der Waals surface area contributed by atoms with Crippen molar-refractivity contribution in [2.75, 3.05) is 27.0 Å². The van der Waals surface area contributed by atoms with Gasteiger partial charge in [0.2, 0.25) is 5.91 Å². The Labute approximate surface area is 134 Å². The lowest BCUT2D eigenvalue weighted by Crippen LogP contribution is -2.38. The zero-order valence-corrected chi connectivity index (χ0v) is 13.8. The first kappa shape index (κ1) is 16.6. The van der Waals surface area contributed by atoms with Crippen molar-refractivity contribution in [1.82, 2.24) is 9.96 Å². The Bertz CT molecular complexity index is 535. The molecule has 1 aromatic carbocycles. The third-order valence-electron chi connectivity index (χ3n) is 3.62. The van der Waals surface area contributed by atoms with Gasteiger partial charge < -0.3 is 9.64 Å². The first-order valence-electron chi connectivity index (χ1n) is 6.92. The molecule has 1 aromatic rings. The Morgan fingerprint density at radius 2 is 2.05 bits per heavy atom. The molecule has 22 heavy (non-hydrogen) atoms. The van der Waals surface area contributed by atoms with Crippen molar-refractivity contribution >= 4 is 22.9 Å². The molecule has 0 aliphatic carbocycles. The Kier molecular flexibility index (Phi) is 5.68. The zero-order valence-electron chi connectivity index (χ0n) is 12.9. The fourth-order valence-electron chi connectivity index (χ4n) is 2.21. The number of thioether (sulfide) groups is 1. The summed E-state index contributed by atoms with van der Waals surface area (Å²) in [5.41, 5.74) is 1.01. The van der Waals surface area contributed by atoms with E-state index in [1.54, 1.807) is 19.1 Å². The van der Waals surface area contributed by atoms with Crippen molar-refractivity contribution in [1.29, 1.82) is 0 Å². The maximum atomic E-state index is 12.0. The summed E-state index contributed by atoms with van der Waals surface area (Å²) < 4.78 is 5.12. The number of nitrogens with zero attached hydrogens (tertiary/aromatic N) is 2. The van der Waals surface area contributed by atoms with Crippen LogP contribution in [0.15, 0.2) is 24.3 Å². The normalized spacial score (nSPS) is 17.7. The van der Waals surface area contributed by atoms with Gasteiger partial charge in [0.25, 0.3) is 5.24 Å². The second-order valence-electron chi connectivity index (χ2n) is 4.98. The van der Waals surface area contributed by atoms with Crippen molar-refractivity contribution in [2.24, 2.45) is 0 Å². The second kappa shape index (κ2) is 7.51. The largest absolute Gasteiger partial charge is 0.497 e. The van der Waals surface area contributed by atoms with Crippen LogP contribution in [0.3, 0.4) is 0 Å². The molecule has 0 bridgehead atoms. The molecule has 1 saturated heterocycles. The maximum Gasteiger partial charge on any atom is 0.282 e. The monoisotopic (exact) mass is 324 g/mol. The molecule has 120 valence electrons. The van der Waals surface area contributed by atoms with E-state index in [0.29, 0.717) is 12.3 Å². The second-order valence-corrected chi connectivity index (χ2v) is 5.96. The highest BCUT2D eigenvalue weighted by atomic mass is 32.2. The molecule has 1 fully saturated rings. The Hall–Kier alpha value is -1.73. The molecule has 1 aliphatic heterocycles. The van der Waals surface area contributed by atoms with Crippen LogP contribution in [-0.2, 0) is 16.2 Å². The van der Waals surface area contributed by atoms with E-state index < -0.39 is 0 Å². The average molecular weight is 324 g/mol. The molecular weight excluding hydrogens is 304 g/mol. The summed E-state index contributed by atoms with van der Waals surface area (Å²) in [7, 11) is 4.63. The van der Waals surface area contributed by atoms with E-state index in [0.717, 1.165) is 11.3 Å². The average Bonchev–Trinajstić information content (AvgIpc) is 2.87. The van der Waals surface area contributed by atoms with Gasteiger partial charge in [-0.15, -0.1) is 0 Å². The van der Waals surface area contributed by atoms with Gasteiger partial charge in [0.05, 0.1) is 26.7 Å². The minimum absolute atomic E-state index is 0.00804. The van der Waals surface area contributed by atoms with Gasteiger partial charge in [-0.3, -0.25) is 14.4 Å². The molecular formula is C15H20N2O4S. The van der Waals surface area contributed by atoms with Crippen LogP contribution in [0.2, 0.25) is 0 Å². The van der Waals surface area contributed by atoms with E-state index in [4.69, 9.17) is 9.57 Å².